The molecule has 0 radical (unpaired) electrons. The van der Waals surface area contributed by atoms with Crippen molar-refractivity contribution < 1.29 is 80.2 Å². The van der Waals surface area contributed by atoms with Crippen LogP contribution in [0.1, 0.15) is 426 Å². The number of esters is 4. The number of aliphatic hydroxyl groups is 1. The number of carbonyl (C=O) groups is 4. The summed E-state index contributed by atoms with van der Waals surface area (Å²) in [5.74, 6) is -2.13. The molecular formula is C83H158O17P2. The van der Waals surface area contributed by atoms with E-state index in [1.807, 2.05) is 0 Å². The van der Waals surface area contributed by atoms with E-state index in [2.05, 4.69) is 52.0 Å². The normalized spacial score (nSPS) is 13.9. The van der Waals surface area contributed by atoms with Crippen molar-refractivity contribution in [2.75, 3.05) is 39.6 Å². The summed E-state index contributed by atoms with van der Waals surface area (Å²) in [6.45, 7) is 4.98. The number of ether oxygens (including phenoxy) is 4. The Morgan fingerprint density at radius 2 is 0.480 bits per heavy atom. The Hall–Kier alpha value is -2.46. The van der Waals surface area contributed by atoms with Crippen LogP contribution in [-0.2, 0) is 65.4 Å². The third-order valence-electron chi connectivity index (χ3n) is 18.9. The smallest absolute Gasteiger partial charge is 0.462 e. The highest BCUT2D eigenvalue weighted by Crippen LogP contribution is 2.45. The molecule has 0 spiro atoms. The topological polar surface area (TPSA) is 237 Å². The zero-order valence-corrected chi connectivity index (χ0v) is 67.9. The van der Waals surface area contributed by atoms with Crippen molar-refractivity contribution in [2.24, 2.45) is 0 Å². The number of unbranched alkanes of at least 4 members (excludes halogenated alkanes) is 52. The van der Waals surface area contributed by atoms with Gasteiger partial charge in [-0.1, -0.05) is 367 Å². The SMILES string of the molecule is CCCCC/C=C\C/C=C\CCCCCCCC(=O)OC[C@H](COP(=O)(O)OC[C@@H](O)COP(=O)(O)OC[C@@H](COC(=O)CCCCCCCCCCCCCCCCCCC)OC(=O)CCCCCCCCCCCCCCCCC)OC(=O)CCCCCCCCCCCCCCCCC. The molecule has 102 heavy (non-hydrogen) atoms. The second kappa shape index (κ2) is 76.7. The first kappa shape index (κ1) is 99.5. The van der Waals surface area contributed by atoms with E-state index < -0.39 is 97.5 Å². The van der Waals surface area contributed by atoms with Gasteiger partial charge in [-0.3, -0.25) is 37.3 Å². The molecule has 0 aromatic heterocycles. The quantitative estimate of drug-likeness (QED) is 0.0169. The number of allylic oxidation sites excluding steroid dienone is 4. The number of hydrogen-bond donors (Lipinski definition) is 3. The van der Waals surface area contributed by atoms with Crippen molar-refractivity contribution in [2.45, 2.75) is 444 Å². The predicted octanol–water partition coefficient (Wildman–Crippen LogP) is 24.9. The maximum absolute atomic E-state index is 13.1. The zero-order valence-electron chi connectivity index (χ0n) is 66.1. The lowest BCUT2D eigenvalue weighted by atomic mass is 10.0. The number of aliphatic hydroxyl groups excluding tert-OH is 1. The molecular weight excluding hydrogens is 1330 g/mol. The summed E-state index contributed by atoms with van der Waals surface area (Å²) >= 11 is 0. The van der Waals surface area contributed by atoms with Crippen LogP contribution in [0.25, 0.3) is 0 Å². The van der Waals surface area contributed by atoms with Crippen LogP contribution in [-0.4, -0.2) is 96.7 Å². The van der Waals surface area contributed by atoms with Gasteiger partial charge in [0.15, 0.2) is 12.2 Å². The Morgan fingerprint density at radius 3 is 0.745 bits per heavy atom. The number of carbonyl (C=O) groups excluding carboxylic acids is 4. The second-order valence-corrected chi connectivity index (χ2v) is 32.1. The lowest BCUT2D eigenvalue weighted by molar-refractivity contribution is -0.161. The summed E-state index contributed by atoms with van der Waals surface area (Å²) in [6, 6.07) is 0. The van der Waals surface area contributed by atoms with Crippen molar-refractivity contribution in [3.63, 3.8) is 0 Å². The third kappa shape index (κ3) is 75.8. The highest BCUT2D eigenvalue weighted by Gasteiger charge is 2.30. The summed E-state index contributed by atoms with van der Waals surface area (Å²) in [6.07, 6.45) is 72.8. The van der Waals surface area contributed by atoms with Crippen LogP contribution in [0.2, 0.25) is 0 Å². The molecule has 0 bridgehead atoms. The fraction of sp³-hybridized carbons (Fsp3) is 0.904. The van der Waals surface area contributed by atoms with Gasteiger partial charge in [-0.2, -0.15) is 0 Å². The highest BCUT2D eigenvalue weighted by molar-refractivity contribution is 7.47. The van der Waals surface area contributed by atoms with Gasteiger partial charge in [-0.25, -0.2) is 9.13 Å². The number of phosphoric ester groups is 2. The van der Waals surface area contributed by atoms with Crippen LogP contribution >= 0.6 is 15.6 Å². The molecule has 0 rings (SSSR count). The average Bonchev–Trinajstić information content (AvgIpc) is 0.926. The van der Waals surface area contributed by atoms with E-state index in [1.165, 1.54) is 231 Å². The van der Waals surface area contributed by atoms with Crippen LogP contribution in [0, 0.1) is 0 Å². The molecule has 0 saturated heterocycles. The van der Waals surface area contributed by atoms with Crippen LogP contribution in [0.4, 0.5) is 0 Å². The van der Waals surface area contributed by atoms with Gasteiger partial charge >= 0.3 is 39.5 Å². The molecule has 19 heteroatoms. The molecule has 0 aromatic rings. The van der Waals surface area contributed by atoms with E-state index in [4.69, 9.17) is 37.0 Å². The summed E-state index contributed by atoms with van der Waals surface area (Å²) < 4.78 is 68.8. The molecule has 0 aliphatic heterocycles. The Morgan fingerprint density at radius 1 is 0.275 bits per heavy atom. The van der Waals surface area contributed by atoms with Crippen molar-refractivity contribution in [3.05, 3.63) is 24.3 Å². The standard InChI is InChI=1S/C83H158O17P2/c1-5-9-13-17-21-25-29-33-37-38-42-44-48-52-56-60-64-68-81(86)94-74-79(100-83(88)70-66-62-58-54-50-46-41-36-32-28-24-20-16-12-8-4)76-98-102(91,92)96-72-77(84)71-95-101(89,90)97-75-78(99-82(87)69-65-61-57-53-49-45-40-35-31-27-23-19-15-11-7-3)73-93-80(85)67-63-59-55-51-47-43-39-34-30-26-22-18-14-10-6-2/h22,26,34,39,77-79,84H,5-21,23-25,27-33,35-38,40-76H2,1-4H3,(H,89,90)(H,91,92)/b26-22-,39-34-/t77-,78-,79-/m1/s1. The van der Waals surface area contributed by atoms with Gasteiger partial charge in [0.2, 0.25) is 0 Å². The minimum atomic E-state index is -4.97. The van der Waals surface area contributed by atoms with Crippen LogP contribution in [0.5, 0.6) is 0 Å². The Labute approximate surface area is 624 Å². The number of hydrogen-bond acceptors (Lipinski definition) is 15. The van der Waals surface area contributed by atoms with Crippen molar-refractivity contribution in [1.82, 2.24) is 0 Å². The maximum Gasteiger partial charge on any atom is 0.472 e. The third-order valence-corrected chi connectivity index (χ3v) is 20.9. The van der Waals surface area contributed by atoms with Gasteiger partial charge in [0.25, 0.3) is 0 Å². The Balaban J connectivity index is 5.29. The molecule has 0 aliphatic rings. The fourth-order valence-electron chi connectivity index (χ4n) is 12.4. The molecule has 2 unspecified atom stereocenters. The van der Waals surface area contributed by atoms with Crippen LogP contribution in [0.15, 0.2) is 24.3 Å². The highest BCUT2D eigenvalue weighted by atomic mass is 31.2. The average molecular weight is 1490 g/mol. The van der Waals surface area contributed by atoms with Gasteiger partial charge in [0.1, 0.15) is 19.3 Å². The van der Waals surface area contributed by atoms with E-state index in [1.54, 1.807) is 0 Å². The Kier molecular flexibility index (Phi) is 74.9. The summed E-state index contributed by atoms with van der Waals surface area (Å²) in [7, 11) is -9.93. The largest absolute Gasteiger partial charge is 0.472 e. The van der Waals surface area contributed by atoms with E-state index in [9.17, 15) is 43.2 Å². The first-order valence-corrected chi connectivity index (χ1v) is 45.6. The molecule has 0 saturated carbocycles. The number of phosphoric acid groups is 2. The second-order valence-electron chi connectivity index (χ2n) is 29.2. The van der Waals surface area contributed by atoms with E-state index in [-0.39, 0.29) is 25.7 Å². The monoisotopic (exact) mass is 1490 g/mol. The molecule has 602 valence electrons. The first-order valence-electron chi connectivity index (χ1n) is 42.6. The summed E-state index contributed by atoms with van der Waals surface area (Å²) in [4.78, 5) is 73.1. The van der Waals surface area contributed by atoms with Crippen LogP contribution in [0.3, 0.4) is 0 Å². The van der Waals surface area contributed by atoms with E-state index in [0.29, 0.717) is 25.7 Å². The molecule has 3 N–H and O–H groups in total. The van der Waals surface area contributed by atoms with Gasteiger partial charge < -0.3 is 33.8 Å². The molecule has 0 aromatic carbocycles. The predicted molar refractivity (Wildman–Crippen MR) is 418 cm³/mol. The maximum atomic E-state index is 13.1. The minimum Gasteiger partial charge on any atom is -0.462 e. The van der Waals surface area contributed by atoms with Crippen molar-refractivity contribution >= 4 is 39.5 Å². The first-order chi connectivity index (χ1) is 49.7. The molecule has 17 nitrogen and oxygen atoms in total. The van der Waals surface area contributed by atoms with Crippen molar-refractivity contribution in [1.29, 1.82) is 0 Å². The molecule has 5 atom stereocenters. The molecule has 0 heterocycles. The minimum absolute atomic E-state index is 0.102. The van der Waals surface area contributed by atoms with Gasteiger partial charge in [-0.05, 0) is 57.8 Å². The fourth-order valence-corrected chi connectivity index (χ4v) is 14.0. The lowest BCUT2D eigenvalue weighted by Gasteiger charge is -2.21. The summed E-state index contributed by atoms with van der Waals surface area (Å²) in [5.41, 5.74) is 0. The summed E-state index contributed by atoms with van der Waals surface area (Å²) in [5, 5.41) is 10.7. The van der Waals surface area contributed by atoms with Gasteiger partial charge in [0.05, 0.1) is 26.4 Å². The van der Waals surface area contributed by atoms with Crippen LogP contribution < -0.4 is 0 Å². The van der Waals surface area contributed by atoms with Gasteiger partial charge in [-0.15, -0.1) is 0 Å². The van der Waals surface area contributed by atoms with Crippen molar-refractivity contribution in [3.8, 4) is 0 Å². The number of rotatable bonds is 82. The van der Waals surface area contributed by atoms with E-state index >= 15 is 0 Å². The molecule has 0 fully saturated rings. The lowest BCUT2D eigenvalue weighted by Crippen LogP contribution is -2.30. The molecule has 0 amide bonds. The zero-order chi connectivity index (χ0) is 74.6. The van der Waals surface area contributed by atoms with Gasteiger partial charge in [0, 0.05) is 25.7 Å². The Bertz CT molecular complexity index is 2020. The van der Waals surface area contributed by atoms with E-state index in [0.717, 1.165) is 116 Å². The molecule has 0 aliphatic carbocycles.